The molecule has 0 atom stereocenters. The van der Waals surface area contributed by atoms with E-state index in [4.69, 9.17) is 0 Å². The maximum atomic E-state index is 12.6. The summed E-state index contributed by atoms with van der Waals surface area (Å²) in [6, 6.07) is 12.2. The molecular formula is C19H14BrN3O3S. The van der Waals surface area contributed by atoms with E-state index < -0.39 is 0 Å². The van der Waals surface area contributed by atoms with Crippen LogP contribution < -0.4 is 9.70 Å². The van der Waals surface area contributed by atoms with Crippen LogP contribution in [-0.2, 0) is 16.6 Å². The fourth-order valence-electron chi connectivity index (χ4n) is 3.03. The first kappa shape index (κ1) is 17.8. The normalized spacial score (nSPS) is 15.2. The van der Waals surface area contributed by atoms with Crippen LogP contribution in [0.3, 0.4) is 0 Å². The van der Waals surface area contributed by atoms with Crippen LogP contribution in [0.25, 0.3) is 10.2 Å². The van der Waals surface area contributed by atoms with E-state index in [0.29, 0.717) is 16.1 Å². The van der Waals surface area contributed by atoms with Crippen LogP contribution in [0.5, 0.6) is 0 Å². The summed E-state index contributed by atoms with van der Waals surface area (Å²) in [5, 5.41) is 0. The molecule has 0 spiro atoms. The minimum atomic E-state index is -0.376. The molecule has 1 saturated heterocycles. The Kier molecular flexibility index (Phi) is 4.53. The van der Waals surface area contributed by atoms with Gasteiger partial charge in [0.05, 0.1) is 15.9 Å². The number of aryl methyl sites for hydroxylation is 1. The van der Waals surface area contributed by atoms with Crippen molar-refractivity contribution in [1.29, 1.82) is 0 Å². The molecule has 1 aliphatic heterocycles. The Labute approximate surface area is 166 Å². The zero-order chi connectivity index (χ0) is 19.1. The maximum absolute atomic E-state index is 12.6. The van der Waals surface area contributed by atoms with E-state index in [1.54, 1.807) is 24.3 Å². The molecule has 136 valence electrons. The highest BCUT2D eigenvalue weighted by atomic mass is 79.9. The number of carbonyl (C=O) groups is 3. The molecule has 0 saturated carbocycles. The lowest BCUT2D eigenvalue weighted by atomic mass is 10.2. The number of halogens is 1. The fraction of sp³-hybridized carbons (Fsp3) is 0.158. The molecule has 0 N–H and O–H groups in total. The third kappa shape index (κ3) is 3.15. The van der Waals surface area contributed by atoms with Crippen LogP contribution in [0.1, 0.15) is 23.2 Å². The number of anilines is 1. The first-order chi connectivity index (χ1) is 13.0. The lowest BCUT2D eigenvalue weighted by Gasteiger charge is -2.13. The fourth-order valence-corrected chi connectivity index (χ4v) is 4.84. The molecule has 2 heterocycles. The number of aromatic nitrogens is 1. The summed E-state index contributed by atoms with van der Waals surface area (Å²) < 4.78 is 3.84. The van der Waals surface area contributed by atoms with Crippen molar-refractivity contribution in [2.45, 2.75) is 12.8 Å². The molecular weight excluding hydrogens is 430 g/mol. The number of para-hydroxylation sites is 1. The second kappa shape index (κ2) is 6.86. The van der Waals surface area contributed by atoms with Gasteiger partial charge in [0.1, 0.15) is 0 Å². The summed E-state index contributed by atoms with van der Waals surface area (Å²) in [6.07, 6.45) is 0.458. The summed E-state index contributed by atoms with van der Waals surface area (Å²) in [5.41, 5.74) is 1.86. The molecule has 0 radical (unpaired) electrons. The molecule has 27 heavy (non-hydrogen) atoms. The predicted octanol–water partition coefficient (Wildman–Crippen LogP) is 3.40. The molecule has 1 aromatic heterocycles. The number of rotatable bonds is 2. The standard InChI is InChI=1S/C19H14BrN3O3S/c1-22-17-13(20)3-2-4-14(17)27-19(22)21-18(26)11-5-7-12(8-6-11)23-15(24)9-10-16(23)25/h2-8H,9-10H2,1H3. The van der Waals surface area contributed by atoms with Crippen molar-refractivity contribution in [1.82, 2.24) is 4.57 Å². The van der Waals surface area contributed by atoms with Crippen molar-refractivity contribution >= 4 is 60.9 Å². The predicted molar refractivity (Wildman–Crippen MR) is 107 cm³/mol. The lowest BCUT2D eigenvalue weighted by Crippen LogP contribution is -2.28. The molecule has 6 nitrogen and oxygen atoms in total. The van der Waals surface area contributed by atoms with Gasteiger partial charge in [-0.25, -0.2) is 0 Å². The maximum Gasteiger partial charge on any atom is 0.279 e. The minimum absolute atomic E-state index is 0.216. The first-order valence-corrected chi connectivity index (χ1v) is 9.85. The summed E-state index contributed by atoms with van der Waals surface area (Å²) in [6.45, 7) is 0. The molecule has 0 aliphatic carbocycles. The number of fused-ring (bicyclic) bond motifs is 1. The van der Waals surface area contributed by atoms with E-state index in [-0.39, 0.29) is 30.6 Å². The number of hydrogen-bond donors (Lipinski definition) is 0. The second-order valence-corrected chi connectivity index (χ2v) is 7.98. The van der Waals surface area contributed by atoms with Gasteiger partial charge in [0, 0.05) is 29.9 Å². The highest BCUT2D eigenvalue weighted by Gasteiger charge is 2.30. The number of thiazole rings is 1. The quantitative estimate of drug-likeness (QED) is 0.569. The van der Waals surface area contributed by atoms with Gasteiger partial charge in [-0.05, 0) is 52.3 Å². The average molecular weight is 444 g/mol. The Hall–Kier alpha value is -2.58. The highest BCUT2D eigenvalue weighted by molar-refractivity contribution is 9.10. The SMILES string of the molecule is Cn1c(=NC(=O)c2ccc(N3C(=O)CCC3=O)cc2)sc2cccc(Br)c21. The highest BCUT2D eigenvalue weighted by Crippen LogP contribution is 2.25. The van der Waals surface area contributed by atoms with E-state index in [1.807, 2.05) is 29.8 Å². The van der Waals surface area contributed by atoms with Gasteiger partial charge >= 0.3 is 0 Å². The molecule has 1 fully saturated rings. The Morgan fingerprint density at radius 2 is 1.74 bits per heavy atom. The van der Waals surface area contributed by atoms with Crippen molar-refractivity contribution in [3.05, 3.63) is 57.3 Å². The minimum Gasteiger partial charge on any atom is -0.318 e. The Morgan fingerprint density at radius 1 is 1.07 bits per heavy atom. The summed E-state index contributed by atoms with van der Waals surface area (Å²) in [4.78, 5) is 42.2. The Bertz CT molecular complexity index is 1150. The van der Waals surface area contributed by atoms with Gasteiger partial charge in [-0.2, -0.15) is 4.99 Å². The van der Waals surface area contributed by atoms with Crippen LogP contribution in [0.2, 0.25) is 0 Å². The van der Waals surface area contributed by atoms with Crippen LogP contribution in [0.4, 0.5) is 5.69 Å². The summed E-state index contributed by atoms with van der Waals surface area (Å²) >= 11 is 4.95. The van der Waals surface area contributed by atoms with E-state index >= 15 is 0 Å². The van der Waals surface area contributed by atoms with E-state index in [1.165, 1.54) is 11.3 Å². The molecule has 8 heteroatoms. The molecule has 0 unspecified atom stereocenters. The van der Waals surface area contributed by atoms with E-state index in [2.05, 4.69) is 20.9 Å². The zero-order valence-corrected chi connectivity index (χ0v) is 16.7. The molecule has 3 aromatic rings. The van der Waals surface area contributed by atoms with Crippen LogP contribution in [0, 0.1) is 0 Å². The topological polar surface area (TPSA) is 71.7 Å². The number of imide groups is 1. The molecule has 2 aromatic carbocycles. The van der Waals surface area contributed by atoms with Crippen LogP contribution in [-0.4, -0.2) is 22.3 Å². The summed E-state index contributed by atoms with van der Waals surface area (Å²) in [7, 11) is 1.86. The van der Waals surface area contributed by atoms with Crippen molar-refractivity contribution in [2.24, 2.45) is 12.0 Å². The Balaban J connectivity index is 1.67. The largest absolute Gasteiger partial charge is 0.318 e. The third-order valence-electron chi connectivity index (χ3n) is 4.39. The van der Waals surface area contributed by atoms with Crippen molar-refractivity contribution in [3.63, 3.8) is 0 Å². The van der Waals surface area contributed by atoms with Gasteiger partial charge in [0.15, 0.2) is 4.80 Å². The summed E-state index contributed by atoms with van der Waals surface area (Å²) in [5.74, 6) is -0.808. The second-order valence-electron chi connectivity index (χ2n) is 6.12. The average Bonchev–Trinajstić information content (AvgIpc) is 3.15. The van der Waals surface area contributed by atoms with Crippen molar-refractivity contribution < 1.29 is 14.4 Å². The number of amides is 3. The Morgan fingerprint density at radius 3 is 2.37 bits per heavy atom. The number of carbonyl (C=O) groups excluding carboxylic acids is 3. The number of hydrogen-bond acceptors (Lipinski definition) is 4. The first-order valence-electron chi connectivity index (χ1n) is 8.24. The number of benzene rings is 2. The molecule has 4 rings (SSSR count). The van der Waals surface area contributed by atoms with Gasteiger partial charge in [-0.3, -0.25) is 19.3 Å². The zero-order valence-electron chi connectivity index (χ0n) is 14.3. The van der Waals surface area contributed by atoms with Crippen molar-refractivity contribution in [2.75, 3.05) is 4.90 Å². The van der Waals surface area contributed by atoms with Gasteiger partial charge in [0.25, 0.3) is 5.91 Å². The third-order valence-corrected chi connectivity index (χ3v) is 6.13. The van der Waals surface area contributed by atoms with E-state index in [0.717, 1.165) is 19.6 Å². The monoisotopic (exact) mass is 443 g/mol. The lowest BCUT2D eigenvalue weighted by molar-refractivity contribution is -0.121. The van der Waals surface area contributed by atoms with Gasteiger partial charge < -0.3 is 4.57 Å². The molecule has 0 bridgehead atoms. The van der Waals surface area contributed by atoms with Crippen molar-refractivity contribution in [3.8, 4) is 0 Å². The number of nitrogens with zero attached hydrogens (tertiary/aromatic N) is 3. The molecule has 1 aliphatic rings. The van der Waals surface area contributed by atoms with Crippen LogP contribution in [0.15, 0.2) is 51.9 Å². The van der Waals surface area contributed by atoms with Crippen LogP contribution >= 0.6 is 27.3 Å². The van der Waals surface area contributed by atoms with Gasteiger partial charge in [-0.1, -0.05) is 17.4 Å². The smallest absolute Gasteiger partial charge is 0.279 e. The molecule has 3 amide bonds. The van der Waals surface area contributed by atoms with E-state index in [9.17, 15) is 14.4 Å². The van der Waals surface area contributed by atoms with Gasteiger partial charge in [0.2, 0.25) is 11.8 Å². The van der Waals surface area contributed by atoms with Gasteiger partial charge in [-0.15, -0.1) is 0 Å².